The molecule has 4 heteroatoms. The van der Waals surface area contributed by atoms with E-state index in [2.05, 4.69) is 238 Å². The molecule has 2 saturated carbocycles. The Morgan fingerprint density at radius 2 is 1.21 bits per heavy atom. The van der Waals surface area contributed by atoms with Gasteiger partial charge in [-0.25, -0.2) is 0 Å². The maximum Gasteiger partial charge on any atom is -1.00 e. The van der Waals surface area contributed by atoms with E-state index in [-0.39, 0.29) is 68.6 Å². The molecule has 0 spiro atoms. The first-order valence-electron chi connectivity index (χ1n) is 23.2. The Hall–Kier alpha value is -3.26. The first-order valence-corrected chi connectivity index (χ1v) is 30.6. The van der Waals surface area contributed by atoms with E-state index < -0.39 is 28.3 Å². The molecule has 6 aliphatic rings. The van der Waals surface area contributed by atoms with Crippen molar-refractivity contribution >= 4 is 22.4 Å². The Kier molecular flexibility index (Phi) is 11.9. The van der Waals surface area contributed by atoms with Gasteiger partial charge in [-0.15, -0.1) is 0 Å². The van der Waals surface area contributed by atoms with Crippen LogP contribution in [0.4, 0.5) is 0 Å². The van der Waals surface area contributed by atoms with E-state index in [9.17, 15) is 0 Å². The molecule has 63 heavy (non-hydrogen) atoms. The van der Waals surface area contributed by atoms with Gasteiger partial charge in [-0.3, -0.25) is 0 Å². The summed E-state index contributed by atoms with van der Waals surface area (Å²) >= 11 is -1.23. The number of hydrogen-bond donors (Lipinski definition) is 0. The van der Waals surface area contributed by atoms with Crippen LogP contribution < -0.4 is 35.2 Å². The maximum atomic E-state index is 2.90. The molecule has 6 aliphatic carbocycles. The summed E-state index contributed by atoms with van der Waals surface area (Å²) in [6.07, 6.45) is 30.7. The van der Waals surface area contributed by atoms with Gasteiger partial charge in [0, 0.05) is 0 Å². The molecule has 0 radical (unpaired) electrons. The van der Waals surface area contributed by atoms with Gasteiger partial charge in [0.1, 0.15) is 0 Å². The maximum absolute atomic E-state index is 2.90. The smallest absolute Gasteiger partial charge is 1.00 e. The van der Waals surface area contributed by atoms with Crippen LogP contribution in [0.2, 0.25) is 3.63 Å². The monoisotopic (exact) mass is 960 g/mol. The van der Waals surface area contributed by atoms with Crippen molar-refractivity contribution in [1.29, 1.82) is 0 Å². The first-order chi connectivity index (χ1) is 29.3. The zero-order chi connectivity index (χ0) is 42.6. The fraction of sp³-hybridized carbons (Fsp3) is 0.356. The summed E-state index contributed by atoms with van der Waals surface area (Å²) in [6.45, 7) is 24.3. The van der Waals surface area contributed by atoms with Gasteiger partial charge in [0.15, 0.2) is 0 Å². The SMILES string of the molecule is CCCC1=Cc2c(-c3ccccc3)cccc2C1C1=CC=CC2(C)C3(C)C=CC=CC3(C)C3(C)C4(C)C(C)=CC=CC4[CH]([Zr+2][SiH](c4ccccc4)c4ccccc4)C3(C)C12C.[Cl-].[Cl-]. The van der Waals surface area contributed by atoms with Crippen LogP contribution in [-0.2, 0) is 22.4 Å². The molecule has 0 nitrogen and oxygen atoms in total. The van der Waals surface area contributed by atoms with Crippen molar-refractivity contribution in [3.05, 3.63) is 198 Å². The number of rotatable bonds is 8. The van der Waals surface area contributed by atoms with Gasteiger partial charge in [0.05, 0.1) is 0 Å². The van der Waals surface area contributed by atoms with Gasteiger partial charge in [-0.05, 0) is 0 Å². The van der Waals surface area contributed by atoms with Crippen molar-refractivity contribution in [2.24, 2.45) is 43.8 Å². The second-order valence-corrected chi connectivity index (χ2v) is 31.5. The third-order valence-corrected chi connectivity index (χ3v) is 34.6. The minimum Gasteiger partial charge on any atom is -1.00 e. The van der Waals surface area contributed by atoms with Crippen molar-refractivity contribution in [3.8, 4) is 11.1 Å². The predicted molar refractivity (Wildman–Crippen MR) is 259 cm³/mol. The molecule has 0 amide bonds. The normalized spacial score (nSPS) is 36.3. The summed E-state index contributed by atoms with van der Waals surface area (Å²) in [6, 6.07) is 42.1. The van der Waals surface area contributed by atoms with Gasteiger partial charge in [-0.1, -0.05) is 0 Å². The number of halogens is 2. The summed E-state index contributed by atoms with van der Waals surface area (Å²) in [4.78, 5) is 0. The van der Waals surface area contributed by atoms with Crippen LogP contribution in [0.15, 0.2) is 187 Å². The fourth-order valence-electron chi connectivity index (χ4n) is 15.7. The van der Waals surface area contributed by atoms with Crippen LogP contribution in [0.25, 0.3) is 17.2 Å². The fourth-order valence-corrected chi connectivity index (χ4v) is 33.4. The van der Waals surface area contributed by atoms with Crippen LogP contribution in [0.3, 0.4) is 0 Å². The minimum absolute atomic E-state index is 0. The largest absolute Gasteiger partial charge is 1.00 e. The van der Waals surface area contributed by atoms with Gasteiger partial charge >= 0.3 is 382 Å². The van der Waals surface area contributed by atoms with Crippen LogP contribution >= 0.6 is 0 Å². The summed E-state index contributed by atoms with van der Waals surface area (Å²) in [5.74, 6) is -0.885. The van der Waals surface area contributed by atoms with E-state index in [0.29, 0.717) is 9.54 Å². The van der Waals surface area contributed by atoms with E-state index in [1.54, 1.807) is 27.1 Å². The third kappa shape index (κ3) is 5.66. The van der Waals surface area contributed by atoms with Crippen LogP contribution in [0.5, 0.6) is 0 Å². The third-order valence-electron chi connectivity index (χ3n) is 19.4. The van der Waals surface area contributed by atoms with Crippen molar-refractivity contribution in [3.63, 3.8) is 0 Å². The van der Waals surface area contributed by atoms with Gasteiger partial charge in [-0.2, -0.15) is 0 Å². The Balaban J connectivity index is 0.00000272. The summed E-state index contributed by atoms with van der Waals surface area (Å²) in [5.41, 5.74) is 9.51. The average Bonchev–Trinajstić information content (AvgIpc) is 3.72. The minimum atomic E-state index is -1.57. The van der Waals surface area contributed by atoms with Crippen LogP contribution in [0, 0.1) is 43.8 Å². The standard InChI is InChI=1S/C47H53.C12H11Si.2ClH.Zr/c1-10-19-34-30-38-36(33-21-12-11-13-22-33)24-17-25-37(38)40(34)39-26-18-29-42(4)41(3)27-14-15-28-43(41,5)47(9)44(6,46(39,42)8)31-35-23-16-20-32(2)45(35,47)7;1-3-7-11(8-4-1)13-12-9-5-2-6-10-12;;;/h11-18,20-31,35,40H,10,19H2,1-9H3;1-10,13H;2*1H;/q;;;;+2/p-2. The van der Waals surface area contributed by atoms with Crippen molar-refractivity contribution in [1.82, 2.24) is 0 Å². The first kappa shape index (κ1) is 46.3. The molecule has 322 valence electrons. The molecule has 0 bridgehead atoms. The quantitative estimate of drug-likeness (QED) is 0.158. The Labute approximate surface area is 403 Å². The number of allylic oxidation sites excluding steroid dienone is 13. The van der Waals surface area contributed by atoms with Crippen molar-refractivity contribution < 1.29 is 47.2 Å². The molecule has 10 atom stereocenters. The molecule has 10 rings (SSSR count). The molecule has 0 aromatic heterocycles. The molecule has 0 heterocycles. The number of hydrogen-bond acceptors (Lipinski definition) is 0. The Bertz CT molecular complexity index is 2580. The molecule has 0 saturated heterocycles. The van der Waals surface area contributed by atoms with Gasteiger partial charge < -0.3 is 24.8 Å². The van der Waals surface area contributed by atoms with E-state index >= 15 is 0 Å². The molecular weight excluding hydrogens is 899 g/mol. The van der Waals surface area contributed by atoms with Crippen LogP contribution in [-0.4, -0.2) is 5.92 Å². The summed E-state index contributed by atoms with van der Waals surface area (Å²) < 4.78 is 0.582. The Morgan fingerprint density at radius 3 is 1.83 bits per heavy atom. The predicted octanol–water partition coefficient (Wildman–Crippen LogP) is 7.88. The summed E-state index contributed by atoms with van der Waals surface area (Å²) in [5, 5.41) is 3.27. The zero-order valence-corrected chi connectivity index (χ0v) is 43.8. The molecule has 4 aromatic carbocycles. The van der Waals surface area contributed by atoms with Crippen LogP contribution in [0.1, 0.15) is 92.2 Å². The van der Waals surface area contributed by atoms with Crippen molar-refractivity contribution in [2.75, 3.05) is 0 Å². The molecule has 10 unspecified atom stereocenters. The zero-order valence-electron chi connectivity index (χ0n) is 38.7. The molecule has 4 aromatic rings. The molecule has 2 fully saturated rings. The number of benzene rings is 4. The van der Waals surface area contributed by atoms with E-state index in [1.807, 2.05) is 0 Å². The van der Waals surface area contributed by atoms with Crippen molar-refractivity contribution in [2.45, 2.75) is 84.7 Å². The van der Waals surface area contributed by atoms with E-state index in [1.165, 1.54) is 22.3 Å². The van der Waals surface area contributed by atoms with Gasteiger partial charge in [0.2, 0.25) is 0 Å². The molecule has 0 aliphatic heterocycles. The second kappa shape index (κ2) is 16.3. The molecular formula is C59H64Cl2SiZr. The molecule has 0 N–H and O–H groups in total. The number of fused-ring (bicyclic) bond motifs is 9. The second-order valence-electron chi connectivity index (χ2n) is 20.7. The topological polar surface area (TPSA) is 0 Å². The Morgan fingerprint density at radius 1 is 0.619 bits per heavy atom. The van der Waals surface area contributed by atoms with E-state index in [4.69, 9.17) is 0 Å². The van der Waals surface area contributed by atoms with Gasteiger partial charge in [0.25, 0.3) is 0 Å². The summed E-state index contributed by atoms with van der Waals surface area (Å²) in [7, 11) is 0. The average molecular weight is 963 g/mol. The van der Waals surface area contributed by atoms with E-state index in [0.717, 1.165) is 12.8 Å².